The summed E-state index contributed by atoms with van der Waals surface area (Å²) in [6, 6.07) is 18.7. The molecule has 1 aliphatic rings. The first kappa shape index (κ1) is 23.8. The highest BCUT2D eigenvalue weighted by Crippen LogP contribution is 2.78. The van der Waals surface area contributed by atoms with Gasteiger partial charge in [-0.3, -0.25) is 4.79 Å². The van der Waals surface area contributed by atoms with E-state index < -0.39 is 24.9 Å². The van der Waals surface area contributed by atoms with E-state index in [-0.39, 0.29) is 10.7 Å². The fourth-order valence-electron chi connectivity index (χ4n) is 4.53. The molecular weight excluding hydrogens is 646 g/mol. The number of hydrogen-bond acceptors (Lipinski definition) is 3. The molecule has 30 heavy (non-hydrogen) atoms. The zero-order chi connectivity index (χ0) is 22.3. The van der Waals surface area contributed by atoms with E-state index in [1.807, 2.05) is 44.2 Å². The third kappa shape index (κ3) is 3.99. The molecule has 0 bridgehead atoms. The monoisotopic (exact) mass is 661 g/mol. The predicted molar refractivity (Wildman–Crippen MR) is 131 cm³/mol. The van der Waals surface area contributed by atoms with E-state index in [2.05, 4.69) is 69.8 Å². The van der Waals surface area contributed by atoms with Crippen LogP contribution in [0, 0.1) is 28.1 Å². The lowest BCUT2D eigenvalue weighted by Gasteiger charge is -2.25. The van der Waals surface area contributed by atoms with Crippen LogP contribution in [0.25, 0.3) is 0 Å². The average Bonchev–Trinajstić information content (AvgIpc) is 3.19. The van der Waals surface area contributed by atoms with Crippen molar-refractivity contribution in [3.63, 3.8) is 0 Å². The summed E-state index contributed by atoms with van der Waals surface area (Å²) in [5.41, 5.74) is -1.29. The highest BCUT2D eigenvalue weighted by Gasteiger charge is 2.81. The maximum absolute atomic E-state index is 12.6. The molecular formula is C22H19Br4NO3. The topological polar surface area (TPSA) is 70.3 Å². The molecule has 0 heterocycles. The largest absolute Gasteiger partial charge is 0.481 e. The van der Waals surface area contributed by atoms with Crippen molar-refractivity contribution in [2.75, 3.05) is 0 Å². The first-order valence-electron chi connectivity index (χ1n) is 9.14. The van der Waals surface area contributed by atoms with Crippen molar-refractivity contribution in [2.45, 2.75) is 26.7 Å². The molecule has 0 saturated heterocycles. The van der Waals surface area contributed by atoms with Crippen LogP contribution in [0.3, 0.4) is 0 Å². The van der Waals surface area contributed by atoms with Gasteiger partial charge >= 0.3 is 5.97 Å². The molecule has 0 amide bonds. The number of carboxylic acids is 1. The number of carbonyl (C=O) groups is 1. The minimum atomic E-state index is -1.28. The zero-order valence-electron chi connectivity index (χ0n) is 16.2. The molecule has 158 valence electrons. The third-order valence-corrected chi connectivity index (χ3v) is 10.5. The van der Waals surface area contributed by atoms with Gasteiger partial charge in [-0.15, -0.1) is 0 Å². The fourth-order valence-corrected chi connectivity index (χ4v) is 6.40. The van der Waals surface area contributed by atoms with Gasteiger partial charge in [0.05, 0.1) is 22.2 Å². The summed E-state index contributed by atoms with van der Waals surface area (Å²) < 4.78 is 5.20. The second-order valence-electron chi connectivity index (χ2n) is 7.87. The number of nitriles is 1. The van der Waals surface area contributed by atoms with Crippen molar-refractivity contribution >= 4 is 69.7 Å². The van der Waals surface area contributed by atoms with Gasteiger partial charge in [-0.05, 0) is 41.2 Å². The number of rotatable bonds is 6. The number of alkyl halides is 4. The lowest BCUT2D eigenvalue weighted by Crippen LogP contribution is -2.32. The van der Waals surface area contributed by atoms with E-state index in [4.69, 9.17) is 4.74 Å². The molecule has 4 atom stereocenters. The molecule has 8 heteroatoms. The van der Waals surface area contributed by atoms with Crippen LogP contribution in [0.4, 0.5) is 0 Å². The summed E-state index contributed by atoms with van der Waals surface area (Å²) >= 11 is 14.1. The summed E-state index contributed by atoms with van der Waals surface area (Å²) in [6.07, 6.45) is 0. The Morgan fingerprint density at radius 2 is 1.73 bits per heavy atom. The van der Waals surface area contributed by atoms with Crippen molar-refractivity contribution in [3.8, 4) is 17.6 Å². The molecule has 0 aromatic heterocycles. The number of hydrogen-bond donors (Lipinski definition) is 1. The van der Waals surface area contributed by atoms with Crippen LogP contribution in [-0.2, 0) is 4.79 Å². The Balaban J connectivity index is 2.03. The first-order valence-corrected chi connectivity index (χ1v) is 12.4. The van der Waals surface area contributed by atoms with Gasteiger partial charge in [-0.1, -0.05) is 108 Å². The van der Waals surface area contributed by atoms with E-state index in [1.54, 1.807) is 24.3 Å². The second-order valence-corrected chi connectivity index (χ2v) is 15.8. The number of nitrogens with zero attached hydrogens (tertiary/aromatic N) is 1. The van der Waals surface area contributed by atoms with Crippen LogP contribution >= 0.6 is 63.7 Å². The highest BCUT2D eigenvalue weighted by atomic mass is 80.0. The van der Waals surface area contributed by atoms with Crippen molar-refractivity contribution in [2.24, 2.45) is 16.7 Å². The summed E-state index contributed by atoms with van der Waals surface area (Å²) in [4.78, 5) is 12.3. The Bertz CT molecular complexity index is 984. The van der Waals surface area contributed by atoms with E-state index in [9.17, 15) is 15.2 Å². The Morgan fingerprint density at radius 3 is 2.27 bits per heavy atom. The van der Waals surface area contributed by atoms with Gasteiger partial charge < -0.3 is 9.84 Å². The highest BCUT2D eigenvalue weighted by molar-refractivity contribution is 9.40. The molecule has 0 radical (unpaired) electrons. The van der Waals surface area contributed by atoms with Crippen LogP contribution in [0.2, 0.25) is 0 Å². The minimum absolute atomic E-state index is 0.296. The van der Waals surface area contributed by atoms with Gasteiger partial charge in [0.25, 0.3) is 0 Å². The van der Waals surface area contributed by atoms with Crippen molar-refractivity contribution in [3.05, 3.63) is 60.2 Å². The second kappa shape index (κ2) is 8.57. The Morgan fingerprint density at radius 1 is 1.13 bits per heavy atom. The van der Waals surface area contributed by atoms with Crippen LogP contribution in [0.15, 0.2) is 54.6 Å². The van der Waals surface area contributed by atoms with E-state index in [0.29, 0.717) is 17.1 Å². The van der Waals surface area contributed by atoms with Gasteiger partial charge in [-0.25, -0.2) is 0 Å². The summed E-state index contributed by atoms with van der Waals surface area (Å²) in [6.45, 7) is 3.79. The van der Waals surface area contributed by atoms with Gasteiger partial charge in [0.15, 0.2) is 0 Å². The number of benzene rings is 2. The number of carboxylic acid groups (broad SMARTS) is 1. The first-order chi connectivity index (χ1) is 14.0. The fraction of sp³-hybridized carbons (Fsp3) is 0.364. The van der Waals surface area contributed by atoms with E-state index in [1.165, 1.54) is 0 Å². The predicted octanol–water partition coefficient (Wildman–Crippen LogP) is 7.42. The summed E-state index contributed by atoms with van der Waals surface area (Å²) in [5.74, 6) is -0.947. The van der Waals surface area contributed by atoms with E-state index >= 15 is 0 Å². The van der Waals surface area contributed by atoms with Crippen LogP contribution < -0.4 is 4.74 Å². The molecule has 3 rings (SSSR count). The molecule has 0 spiro atoms. The van der Waals surface area contributed by atoms with Crippen molar-refractivity contribution in [1.82, 2.24) is 0 Å². The minimum Gasteiger partial charge on any atom is -0.481 e. The molecule has 1 saturated carbocycles. The smallest absolute Gasteiger partial charge is 0.312 e. The number of para-hydroxylation sites is 1. The van der Waals surface area contributed by atoms with Crippen LogP contribution in [0.5, 0.6) is 11.5 Å². The van der Waals surface area contributed by atoms with Crippen LogP contribution in [0.1, 0.15) is 25.3 Å². The normalized spacial score (nSPS) is 24.4. The molecule has 1 aliphatic carbocycles. The summed E-state index contributed by atoms with van der Waals surface area (Å²) in [7, 11) is 0. The molecule has 2 aromatic rings. The lowest BCUT2D eigenvalue weighted by atomic mass is 9.78. The average molecular weight is 665 g/mol. The molecule has 1 fully saturated rings. The maximum atomic E-state index is 12.6. The SMILES string of the molecule is CC1(C)[C@@H](C(Br)C(Br)(Br)Br)[C@]1(C(=O)O)[C@H](C#N)c1cccc(Oc2ccccc2)c1. The standard InChI is InChI=1S/C22H19Br4NO3/c1-20(2)17(18(23)22(24,25)26)21(20,19(28)29)16(12-27)13-7-6-10-15(11-13)30-14-8-4-3-5-9-14/h3-11,16-18H,1-2H3,(H,28,29)/t16-,17-,18?,21+/m1/s1. The molecule has 0 aliphatic heterocycles. The van der Waals surface area contributed by atoms with E-state index in [0.717, 1.165) is 0 Å². The molecule has 4 nitrogen and oxygen atoms in total. The molecule has 2 aromatic carbocycles. The number of ether oxygens (including phenoxy) is 1. The van der Waals surface area contributed by atoms with Crippen LogP contribution in [-0.4, -0.2) is 18.0 Å². The number of halogens is 4. The van der Waals surface area contributed by atoms with Gasteiger partial charge in [0.2, 0.25) is 0 Å². The third-order valence-electron chi connectivity index (χ3n) is 5.96. The Labute approximate surface area is 209 Å². The van der Waals surface area contributed by atoms with Gasteiger partial charge in [0, 0.05) is 0 Å². The van der Waals surface area contributed by atoms with Gasteiger partial charge in [-0.2, -0.15) is 5.26 Å². The Kier molecular flexibility index (Phi) is 6.79. The zero-order valence-corrected chi connectivity index (χ0v) is 22.5. The van der Waals surface area contributed by atoms with Crippen molar-refractivity contribution < 1.29 is 14.6 Å². The number of aliphatic carboxylic acids is 1. The quantitative estimate of drug-likeness (QED) is 0.327. The Hall–Kier alpha value is -0.880. The van der Waals surface area contributed by atoms with Gasteiger partial charge in [0.1, 0.15) is 13.6 Å². The maximum Gasteiger partial charge on any atom is 0.312 e. The molecule has 1 N–H and O–H groups in total. The lowest BCUT2D eigenvalue weighted by molar-refractivity contribution is -0.145. The summed E-state index contributed by atoms with van der Waals surface area (Å²) in [5, 5.41) is 20.5. The molecule has 1 unspecified atom stereocenters. The van der Waals surface area contributed by atoms with Crippen molar-refractivity contribution in [1.29, 1.82) is 5.26 Å².